The Labute approximate surface area is 334 Å². The number of benzene rings is 2. The molecule has 4 heterocycles. The van der Waals surface area contributed by atoms with Crippen molar-refractivity contribution in [1.82, 2.24) is 30.7 Å². The summed E-state index contributed by atoms with van der Waals surface area (Å²) in [5.74, 6) is -3.75. The summed E-state index contributed by atoms with van der Waals surface area (Å²) in [7, 11) is 0. The van der Waals surface area contributed by atoms with E-state index in [0.29, 0.717) is 45.1 Å². The minimum Gasteiger partial charge on any atom is -0.458 e. The van der Waals surface area contributed by atoms with Gasteiger partial charge in [-0.25, -0.2) is 4.79 Å². The van der Waals surface area contributed by atoms with Crippen molar-refractivity contribution in [1.29, 1.82) is 0 Å². The number of rotatable bonds is 8. The van der Waals surface area contributed by atoms with E-state index in [2.05, 4.69) is 16.0 Å². The van der Waals surface area contributed by atoms with Crippen LogP contribution in [0.2, 0.25) is 0 Å². The minimum absolute atomic E-state index is 0.0275. The largest absolute Gasteiger partial charge is 0.458 e. The monoisotopic (exact) mass is 784 g/mol. The maximum absolute atomic E-state index is 14.7. The van der Waals surface area contributed by atoms with Gasteiger partial charge >= 0.3 is 5.97 Å². The average molecular weight is 785 g/mol. The van der Waals surface area contributed by atoms with E-state index in [-0.39, 0.29) is 37.8 Å². The topological polar surface area (TPSA) is 175 Å². The summed E-state index contributed by atoms with van der Waals surface area (Å²) in [5.41, 5.74) is 2.68. The van der Waals surface area contributed by atoms with Crippen molar-refractivity contribution in [2.45, 2.75) is 128 Å². The molecule has 14 heteroatoms. The number of fused-ring (bicyclic) bond motifs is 3. The van der Waals surface area contributed by atoms with E-state index in [0.717, 1.165) is 23.1 Å². The Balaban J connectivity index is 1.31. The molecular weight excluding hydrogens is 729 g/mol. The van der Waals surface area contributed by atoms with E-state index in [1.165, 1.54) is 21.6 Å². The number of aryl methyl sites for hydroxylation is 1. The van der Waals surface area contributed by atoms with Crippen molar-refractivity contribution in [3.63, 3.8) is 0 Å². The van der Waals surface area contributed by atoms with Gasteiger partial charge in [0.05, 0.1) is 6.42 Å². The molecule has 0 spiro atoms. The number of hydrogen-bond acceptors (Lipinski definition) is 8. The van der Waals surface area contributed by atoms with Crippen LogP contribution < -0.4 is 16.0 Å². The Kier molecular flexibility index (Phi) is 13.3. The maximum Gasteiger partial charge on any atom is 0.329 e. The van der Waals surface area contributed by atoms with Crippen LogP contribution in [0.1, 0.15) is 82.9 Å². The summed E-state index contributed by atoms with van der Waals surface area (Å²) in [6.07, 6.45) is 2.74. The minimum atomic E-state index is -1.44. The molecule has 0 aliphatic carbocycles. The predicted molar refractivity (Wildman–Crippen MR) is 210 cm³/mol. The fourth-order valence-electron chi connectivity index (χ4n) is 8.60. The summed E-state index contributed by atoms with van der Waals surface area (Å²) in [4.78, 5) is 103. The van der Waals surface area contributed by atoms with Gasteiger partial charge in [0.15, 0.2) is 0 Å². The van der Waals surface area contributed by atoms with Gasteiger partial charge < -0.3 is 35.4 Å². The van der Waals surface area contributed by atoms with E-state index < -0.39 is 77.9 Å². The lowest BCUT2D eigenvalue weighted by atomic mass is 9.99. The predicted octanol–water partition coefficient (Wildman–Crippen LogP) is 2.06. The van der Waals surface area contributed by atoms with Crippen molar-refractivity contribution in [2.24, 2.45) is 5.92 Å². The zero-order chi connectivity index (χ0) is 40.8. The molecule has 2 aromatic carbocycles. The summed E-state index contributed by atoms with van der Waals surface area (Å²) in [5, 5.41) is 8.51. The molecule has 4 aliphatic heterocycles. The molecular formula is C43H56N6O8. The van der Waals surface area contributed by atoms with Gasteiger partial charge in [0, 0.05) is 26.1 Å². The molecule has 2 aromatic rings. The molecule has 6 amide bonds. The molecule has 57 heavy (non-hydrogen) atoms. The Morgan fingerprint density at radius 1 is 0.772 bits per heavy atom. The van der Waals surface area contributed by atoms with E-state index in [9.17, 15) is 33.6 Å². The fourth-order valence-corrected chi connectivity index (χ4v) is 8.60. The summed E-state index contributed by atoms with van der Waals surface area (Å²) in [6.45, 7) is 7.84. The first kappa shape index (κ1) is 41.4. The quantitative estimate of drug-likeness (QED) is 0.341. The second-order valence-corrected chi connectivity index (χ2v) is 16.1. The summed E-state index contributed by atoms with van der Waals surface area (Å²) < 4.78 is 5.98. The molecule has 8 atom stereocenters. The maximum atomic E-state index is 14.7. The molecule has 306 valence electrons. The van der Waals surface area contributed by atoms with Gasteiger partial charge in [0.2, 0.25) is 35.4 Å². The highest BCUT2D eigenvalue weighted by atomic mass is 16.5. The van der Waals surface area contributed by atoms with Crippen LogP contribution in [-0.4, -0.2) is 118 Å². The van der Waals surface area contributed by atoms with Gasteiger partial charge in [-0.15, -0.1) is 0 Å². The Bertz CT molecular complexity index is 1820. The van der Waals surface area contributed by atoms with Crippen LogP contribution in [0.25, 0.3) is 0 Å². The molecule has 0 aromatic heterocycles. The van der Waals surface area contributed by atoms with E-state index in [4.69, 9.17) is 4.74 Å². The van der Waals surface area contributed by atoms with E-state index in [1.54, 1.807) is 6.92 Å². The van der Waals surface area contributed by atoms with Crippen LogP contribution in [0.5, 0.6) is 0 Å². The van der Waals surface area contributed by atoms with Gasteiger partial charge in [-0.1, -0.05) is 68.4 Å². The van der Waals surface area contributed by atoms with Crippen LogP contribution >= 0.6 is 0 Å². The number of ether oxygens (including phenoxy) is 1. The Morgan fingerprint density at radius 2 is 1.44 bits per heavy atom. The van der Waals surface area contributed by atoms with Crippen molar-refractivity contribution in [3.05, 3.63) is 71.3 Å². The molecule has 4 saturated heterocycles. The lowest BCUT2D eigenvalue weighted by Gasteiger charge is -2.39. The van der Waals surface area contributed by atoms with Crippen LogP contribution in [0.3, 0.4) is 0 Å². The first-order chi connectivity index (χ1) is 27.3. The molecule has 0 radical (unpaired) electrons. The smallest absolute Gasteiger partial charge is 0.329 e. The van der Waals surface area contributed by atoms with Crippen LogP contribution in [0, 0.1) is 5.92 Å². The standard InChI is InChI=1S/C43H56N6O8/c1-5-29-16-18-31(19-17-29)24-36(50)45-32(23-30-12-7-6-8-13-30)38(51)46-37-28(4)57-43(56)35-22-26(2)25-49(35)40(53)27(3)44-39(52)33-14-9-10-20-47(33)41(54)34-15-11-21-48(34)42(37)55/h6-8,12-13,16-19,26-28,32-35,37H,5,9-11,14-15,20-25H2,1-4H3,(H,44,52)(H,45,50)(H,46,51)/t26-,27+,28+,32+,33+,34+,35+,37+/m1/s1. The third kappa shape index (κ3) is 9.65. The van der Waals surface area contributed by atoms with Gasteiger partial charge in [-0.05, 0) is 81.4 Å². The molecule has 4 fully saturated rings. The Hall–Kier alpha value is -5.27. The lowest BCUT2D eigenvalue weighted by molar-refractivity contribution is -0.163. The number of piperidine rings is 1. The number of cyclic esters (lactones) is 1. The van der Waals surface area contributed by atoms with E-state index in [1.807, 2.05) is 68.4 Å². The molecule has 0 bridgehead atoms. The zero-order valence-electron chi connectivity index (χ0n) is 33.4. The highest BCUT2D eigenvalue weighted by molar-refractivity contribution is 5.98. The molecule has 3 N–H and O–H groups in total. The third-order valence-corrected chi connectivity index (χ3v) is 11.8. The molecule has 0 saturated carbocycles. The van der Waals surface area contributed by atoms with E-state index >= 15 is 0 Å². The normalized spacial score (nSPS) is 27.8. The van der Waals surface area contributed by atoms with Gasteiger partial charge in [0.1, 0.15) is 42.4 Å². The first-order valence-electron chi connectivity index (χ1n) is 20.5. The number of carbonyl (C=O) groups is 7. The van der Waals surface area contributed by atoms with Gasteiger partial charge in [0.25, 0.3) is 0 Å². The SMILES string of the molecule is CCc1ccc(CC(=O)N[C@@H](Cc2ccccc2)C(=O)N[C@@H]2C(=O)N3CCC[C@H]3C(=O)N3CCCC[C@H]3C(=O)N[C@@H](C)C(=O)N3C[C@H](C)C[C@H]3C(=O)O[C@H]2C)cc1. The van der Waals surface area contributed by atoms with Gasteiger partial charge in [-0.2, -0.15) is 0 Å². The van der Waals surface area contributed by atoms with Crippen molar-refractivity contribution >= 4 is 41.4 Å². The highest BCUT2D eigenvalue weighted by Crippen LogP contribution is 2.29. The number of carbonyl (C=O) groups excluding carboxylic acids is 7. The zero-order valence-corrected chi connectivity index (χ0v) is 33.4. The number of esters is 1. The number of amides is 6. The molecule has 0 unspecified atom stereocenters. The van der Waals surface area contributed by atoms with Crippen LogP contribution in [0.4, 0.5) is 0 Å². The average Bonchev–Trinajstić information content (AvgIpc) is 3.86. The van der Waals surface area contributed by atoms with Crippen molar-refractivity contribution in [2.75, 3.05) is 19.6 Å². The molecule has 6 rings (SSSR count). The highest BCUT2D eigenvalue weighted by Gasteiger charge is 2.47. The fraction of sp³-hybridized carbons (Fsp3) is 0.558. The number of nitrogens with one attached hydrogen (secondary N) is 3. The number of hydrogen-bond donors (Lipinski definition) is 3. The molecule has 4 aliphatic rings. The van der Waals surface area contributed by atoms with Crippen molar-refractivity contribution in [3.8, 4) is 0 Å². The first-order valence-corrected chi connectivity index (χ1v) is 20.5. The van der Waals surface area contributed by atoms with Crippen molar-refractivity contribution < 1.29 is 38.3 Å². The second-order valence-electron chi connectivity index (χ2n) is 16.1. The Morgan fingerprint density at radius 3 is 2.16 bits per heavy atom. The van der Waals surface area contributed by atoms with Crippen LogP contribution in [0.15, 0.2) is 54.6 Å². The molecule has 14 nitrogen and oxygen atoms in total. The lowest BCUT2D eigenvalue weighted by Crippen LogP contribution is -2.63. The summed E-state index contributed by atoms with van der Waals surface area (Å²) in [6, 6.07) is 10.6. The van der Waals surface area contributed by atoms with Crippen LogP contribution in [-0.2, 0) is 57.6 Å². The number of nitrogens with zero attached hydrogens (tertiary/aromatic N) is 3. The van der Waals surface area contributed by atoms with Gasteiger partial charge in [-0.3, -0.25) is 28.8 Å². The summed E-state index contributed by atoms with van der Waals surface area (Å²) >= 11 is 0. The third-order valence-electron chi connectivity index (χ3n) is 11.8. The second kappa shape index (κ2) is 18.3.